The van der Waals surface area contributed by atoms with E-state index in [0.29, 0.717) is 12.1 Å². The highest BCUT2D eigenvalue weighted by Gasteiger charge is 2.46. The molecule has 2 saturated heterocycles. The van der Waals surface area contributed by atoms with Crippen LogP contribution in [0, 0.1) is 6.92 Å². The normalized spacial score (nSPS) is 23.3. The van der Waals surface area contributed by atoms with Crippen LogP contribution in [-0.2, 0) is 16.1 Å². The minimum Gasteiger partial charge on any atom is -0.475 e. The lowest BCUT2D eigenvalue weighted by atomic mass is 10.0. The molecule has 2 aliphatic rings. The highest BCUT2D eigenvalue weighted by atomic mass is 19.4. The third-order valence-corrected chi connectivity index (χ3v) is 5.32. The molecule has 1 N–H and O–H groups in total. The Morgan fingerprint density at radius 3 is 2.61 bits per heavy atom. The van der Waals surface area contributed by atoms with E-state index in [4.69, 9.17) is 19.1 Å². The zero-order valence-corrected chi connectivity index (χ0v) is 17.2. The molecular formula is C20H25F3N4O4. The van der Waals surface area contributed by atoms with E-state index in [9.17, 15) is 13.2 Å². The van der Waals surface area contributed by atoms with E-state index in [2.05, 4.69) is 26.8 Å². The van der Waals surface area contributed by atoms with Gasteiger partial charge in [0.05, 0.1) is 31.0 Å². The molecule has 2 aromatic heterocycles. The molecule has 0 bridgehead atoms. The van der Waals surface area contributed by atoms with Crippen LogP contribution >= 0.6 is 0 Å². The topological polar surface area (TPSA) is 91.9 Å². The number of rotatable bonds is 4. The highest BCUT2D eigenvalue weighted by molar-refractivity contribution is 5.73. The van der Waals surface area contributed by atoms with Gasteiger partial charge in [-0.2, -0.15) is 13.2 Å². The average molecular weight is 442 g/mol. The van der Waals surface area contributed by atoms with Crippen LogP contribution in [0.15, 0.2) is 35.2 Å². The summed E-state index contributed by atoms with van der Waals surface area (Å²) in [6.45, 7) is 4.53. The van der Waals surface area contributed by atoms with Gasteiger partial charge in [-0.05, 0) is 44.5 Å². The van der Waals surface area contributed by atoms with Crippen molar-refractivity contribution in [1.82, 2.24) is 14.9 Å². The third kappa shape index (κ3) is 5.73. The Kier molecular flexibility index (Phi) is 7.16. The Balaban J connectivity index is 0.000000339. The molecule has 4 heterocycles. The number of anilines is 1. The summed E-state index contributed by atoms with van der Waals surface area (Å²) >= 11 is 0. The summed E-state index contributed by atoms with van der Waals surface area (Å²) < 4.78 is 43.4. The van der Waals surface area contributed by atoms with E-state index in [1.807, 2.05) is 31.5 Å². The molecule has 0 unspecified atom stereocenters. The number of alkyl halides is 3. The molecule has 0 radical (unpaired) electrons. The van der Waals surface area contributed by atoms with Crippen LogP contribution in [0.4, 0.5) is 19.1 Å². The lowest BCUT2D eigenvalue weighted by molar-refractivity contribution is -0.192. The van der Waals surface area contributed by atoms with Crippen molar-refractivity contribution in [2.75, 3.05) is 25.1 Å². The molecular weight excluding hydrogens is 417 g/mol. The maximum Gasteiger partial charge on any atom is 0.490 e. The molecule has 2 aromatic rings. The van der Waals surface area contributed by atoms with Gasteiger partial charge in [-0.1, -0.05) is 0 Å². The summed E-state index contributed by atoms with van der Waals surface area (Å²) in [5.74, 6) is -0.961. The SMILES string of the molecule is Cc1cnc(N2C[C@@H](N(C)Cc3ccco3)[C@H]3OCCC[C@H]32)nc1.O=C(O)C(F)(F)F. The monoisotopic (exact) mass is 442 g/mol. The van der Waals surface area contributed by atoms with Gasteiger partial charge < -0.3 is 19.2 Å². The molecule has 2 fully saturated rings. The molecule has 0 spiro atoms. The zero-order valence-electron chi connectivity index (χ0n) is 17.2. The number of carbonyl (C=O) groups is 1. The number of carboxylic acid groups (broad SMARTS) is 1. The Morgan fingerprint density at radius 1 is 1.35 bits per heavy atom. The number of fused-ring (bicyclic) bond motifs is 1. The van der Waals surface area contributed by atoms with Crippen LogP contribution in [0.2, 0.25) is 0 Å². The van der Waals surface area contributed by atoms with Crippen molar-refractivity contribution in [3.8, 4) is 0 Å². The number of hydrogen-bond acceptors (Lipinski definition) is 7. The smallest absolute Gasteiger partial charge is 0.475 e. The standard InChI is InChI=1S/C18H24N4O2.C2HF3O2/c1-13-9-19-18(20-10-13)22-12-16(17-15(22)6-4-8-24-17)21(2)11-14-5-3-7-23-14;3-2(4,5)1(6)7/h3,5,7,9-10,15-17H,4,6,8,11-12H2,1-2H3;(H,6,7)/t15-,16-,17+;/m1./s1. The van der Waals surface area contributed by atoms with Crippen LogP contribution in [0.1, 0.15) is 24.2 Å². The predicted molar refractivity (Wildman–Crippen MR) is 105 cm³/mol. The summed E-state index contributed by atoms with van der Waals surface area (Å²) in [5, 5.41) is 7.12. The lowest BCUT2D eigenvalue weighted by Gasteiger charge is -2.34. The molecule has 170 valence electrons. The van der Waals surface area contributed by atoms with E-state index in [1.165, 1.54) is 0 Å². The molecule has 31 heavy (non-hydrogen) atoms. The first-order chi connectivity index (χ1) is 14.7. The summed E-state index contributed by atoms with van der Waals surface area (Å²) in [6.07, 6.45) is 2.85. The third-order valence-electron chi connectivity index (χ3n) is 5.32. The van der Waals surface area contributed by atoms with Gasteiger partial charge in [0.15, 0.2) is 0 Å². The minimum atomic E-state index is -5.08. The minimum absolute atomic E-state index is 0.198. The van der Waals surface area contributed by atoms with Crippen molar-refractivity contribution < 1.29 is 32.2 Å². The average Bonchev–Trinajstić information content (AvgIpc) is 3.36. The maximum absolute atomic E-state index is 10.6. The van der Waals surface area contributed by atoms with Crippen molar-refractivity contribution in [3.05, 3.63) is 42.1 Å². The molecule has 0 saturated carbocycles. The second-order valence-electron chi connectivity index (χ2n) is 7.62. The predicted octanol–water partition coefficient (Wildman–Crippen LogP) is 2.88. The second kappa shape index (κ2) is 9.65. The van der Waals surface area contributed by atoms with Crippen molar-refractivity contribution in [3.63, 3.8) is 0 Å². The Hall–Kier alpha value is -2.66. The number of aryl methyl sites for hydroxylation is 1. The largest absolute Gasteiger partial charge is 0.490 e. The van der Waals surface area contributed by atoms with Crippen LogP contribution in [0.25, 0.3) is 0 Å². The number of nitrogens with zero attached hydrogens (tertiary/aromatic N) is 4. The van der Waals surface area contributed by atoms with Crippen LogP contribution in [0.3, 0.4) is 0 Å². The quantitative estimate of drug-likeness (QED) is 0.773. The molecule has 0 aromatic carbocycles. The summed E-state index contributed by atoms with van der Waals surface area (Å²) in [4.78, 5) is 22.6. The van der Waals surface area contributed by atoms with Crippen molar-refractivity contribution in [2.24, 2.45) is 0 Å². The first-order valence-corrected chi connectivity index (χ1v) is 9.86. The Bertz CT molecular complexity index is 845. The Morgan fingerprint density at radius 2 is 2.03 bits per heavy atom. The molecule has 3 atom stereocenters. The van der Waals surface area contributed by atoms with E-state index < -0.39 is 12.1 Å². The van der Waals surface area contributed by atoms with E-state index in [-0.39, 0.29) is 6.10 Å². The lowest BCUT2D eigenvalue weighted by Crippen LogP contribution is -2.46. The van der Waals surface area contributed by atoms with Gasteiger partial charge in [-0.15, -0.1) is 0 Å². The van der Waals surface area contributed by atoms with Gasteiger partial charge in [-0.3, -0.25) is 4.90 Å². The fourth-order valence-electron chi connectivity index (χ4n) is 3.85. The fraction of sp³-hybridized carbons (Fsp3) is 0.550. The summed E-state index contributed by atoms with van der Waals surface area (Å²) in [5.41, 5.74) is 1.08. The van der Waals surface area contributed by atoms with Gasteiger partial charge in [0.1, 0.15) is 5.76 Å². The van der Waals surface area contributed by atoms with Crippen molar-refractivity contribution in [2.45, 2.75) is 50.7 Å². The maximum atomic E-state index is 10.6. The first-order valence-electron chi connectivity index (χ1n) is 9.86. The number of halogens is 3. The van der Waals surface area contributed by atoms with Gasteiger partial charge in [0, 0.05) is 25.5 Å². The molecule has 8 nitrogen and oxygen atoms in total. The van der Waals surface area contributed by atoms with Crippen LogP contribution in [-0.4, -0.2) is 70.5 Å². The Labute approximate surface area is 177 Å². The molecule has 2 aliphatic heterocycles. The fourth-order valence-corrected chi connectivity index (χ4v) is 3.85. The van der Waals surface area contributed by atoms with Crippen molar-refractivity contribution >= 4 is 11.9 Å². The second-order valence-corrected chi connectivity index (χ2v) is 7.62. The highest BCUT2D eigenvalue weighted by Crippen LogP contribution is 2.33. The van der Waals surface area contributed by atoms with E-state index in [0.717, 1.165) is 49.8 Å². The summed E-state index contributed by atoms with van der Waals surface area (Å²) in [7, 11) is 2.14. The van der Waals surface area contributed by atoms with Crippen LogP contribution < -0.4 is 4.90 Å². The molecule has 11 heteroatoms. The van der Waals surface area contributed by atoms with E-state index >= 15 is 0 Å². The molecule has 0 amide bonds. The first kappa shape index (κ1) is 23.0. The van der Waals surface area contributed by atoms with Gasteiger partial charge >= 0.3 is 12.1 Å². The number of carboxylic acids is 1. The number of aromatic nitrogens is 2. The molecule has 4 rings (SSSR count). The van der Waals surface area contributed by atoms with Gasteiger partial charge in [0.2, 0.25) is 5.95 Å². The number of hydrogen-bond donors (Lipinski definition) is 1. The summed E-state index contributed by atoms with van der Waals surface area (Å²) in [6, 6.07) is 4.62. The zero-order chi connectivity index (χ0) is 22.6. The number of aliphatic carboxylic acids is 1. The number of ether oxygens (including phenoxy) is 1. The number of likely N-dealkylation sites (N-methyl/N-ethyl adjacent to an activating group) is 1. The number of furan rings is 1. The molecule has 0 aliphatic carbocycles. The van der Waals surface area contributed by atoms with Gasteiger partial charge in [0.25, 0.3) is 0 Å². The van der Waals surface area contributed by atoms with Gasteiger partial charge in [-0.25, -0.2) is 14.8 Å². The van der Waals surface area contributed by atoms with Crippen LogP contribution in [0.5, 0.6) is 0 Å². The van der Waals surface area contributed by atoms with Crippen molar-refractivity contribution in [1.29, 1.82) is 0 Å². The van der Waals surface area contributed by atoms with E-state index in [1.54, 1.807) is 6.26 Å².